The number of fused-ring (bicyclic) bond motifs is 1. The lowest BCUT2D eigenvalue weighted by Crippen LogP contribution is -2.50. The molecule has 2 unspecified atom stereocenters. The van der Waals surface area contributed by atoms with Gasteiger partial charge in [0.25, 0.3) is 11.8 Å². The topological polar surface area (TPSA) is 98.9 Å². The Hall–Kier alpha value is -2.61. The predicted octanol–water partition coefficient (Wildman–Crippen LogP) is 3.39. The van der Waals surface area contributed by atoms with Crippen molar-refractivity contribution in [1.29, 1.82) is 0 Å². The maximum Gasteiger partial charge on any atom is 0.255 e. The molecule has 1 aliphatic rings. The fourth-order valence-corrected chi connectivity index (χ4v) is 3.45. The summed E-state index contributed by atoms with van der Waals surface area (Å²) >= 11 is 0. The summed E-state index contributed by atoms with van der Waals surface area (Å²) in [5.74, 6) is 0.0696. The van der Waals surface area contributed by atoms with Crippen molar-refractivity contribution in [2.24, 2.45) is 5.92 Å². The van der Waals surface area contributed by atoms with Gasteiger partial charge in [-0.2, -0.15) is 0 Å². The number of carbonyl (C=O) groups is 2. The fourth-order valence-electron chi connectivity index (χ4n) is 3.45. The highest BCUT2D eigenvalue weighted by molar-refractivity contribution is 6.06. The number of imidazole rings is 1. The smallest absolute Gasteiger partial charge is 0.255 e. The first-order valence-electron chi connectivity index (χ1n) is 9.46. The summed E-state index contributed by atoms with van der Waals surface area (Å²) < 4.78 is 0. The number of aromatic amines is 1. The second kappa shape index (κ2) is 10.4. The Kier molecular flexibility index (Phi) is 8.23. The SMILES string of the molecule is CC1CCNCC1NC(=O)c1cccc(NC(=O)c2ccc3nc[nH]c3c2)c1.Cl.Cl. The lowest BCUT2D eigenvalue weighted by Gasteiger charge is -2.30. The number of halogens is 2. The molecule has 3 aromatic rings. The van der Waals surface area contributed by atoms with Crippen LogP contribution in [0.1, 0.15) is 34.1 Å². The van der Waals surface area contributed by atoms with Crippen molar-refractivity contribution >= 4 is 53.3 Å². The van der Waals surface area contributed by atoms with E-state index >= 15 is 0 Å². The Morgan fingerprint density at radius 1 is 1.07 bits per heavy atom. The standard InChI is InChI=1S/C21H23N5O2.2ClH/c1-13-7-8-22-11-19(13)26-21(28)14-3-2-4-16(9-14)25-20(27)15-5-6-17-18(10-15)24-12-23-17;;/h2-6,9-10,12-13,19,22H,7-8,11H2,1H3,(H,23,24)(H,25,27)(H,26,28);2*1H. The molecule has 1 aromatic heterocycles. The van der Waals surface area contributed by atoms with Gasteiger partial charge < -0.3 is 20.9 Å². The maximum atomic E-state index is 12.6. The van der Waals surface area contributed by atoms with Crippen LogP contribution in [-0.4, -0.2) is 40.9 Å². The van der Waals surface area contributed by atoms with Crippen LogP contribution in [0, 0.1) is 5.92 Å². The third-order valence-electron chi connectivity index (χ3n) is 5.21. The van der Waals surface area contributed by atoms with Crippen LogP contribution >= 0.6 is 24.8 Å². The van der Waals surface area contributed by atoms with E-state index in [1.165, 1.54) is 0 Å². The van der Waals surface area contributed by atoms with E-state index in [4.69, 9.17) is 0 Å². The molecule has 160 valence electrons. The zero-order chi connectivity index (χ0) is 19.5. The molecule has 30 heavy (non-hydrogen) atoms. The number of benzene rings is 2. The first-order valence-corrected chi connectivity index (χ1v) is 9.46. The van der Waals surface area contributed by atoms with Crippen LogP contribution in [0.2, 0.25) is 0 Å². The molecule has 2 heterocycles. The van der Waals surface area contributed by atoms with Crippen LogP contribution in [0.25, 0.3) is 11.0 Å². The van der Waals surface area contributed by atoms with Gasteiger partial charge in [-0.1, -0.05) is 13.0 Å². The fraction of sp³-hybridized carbons (Fsp3) is 0.286. The number of hydrogen-bond donors (Lipinski definition) is 4. The molecule has 0 spiro atoms. The highest BCUT2D eigenvalue weighted by atomic mass is 35.5. The Morgan fingerprint density at radius 3 is 2.67 bits per heavy atom. The number of rotatable bonds is 4. The van der Waals surface area contributed by atoms with E-state index in [0.717, 1.165) is 30.5 Å². The molecule has 7 nitrogen and oxygen atoms in total. The van der Waals surface area contributed by atoms with Gasteiger partial charge in [-0.25, -0.2) is 4.98 Å². The van der Waals surface area contributed by atoms with Gasteiger partial charge in [0.05, 0.1) is 17.4 Å². The van der Waals surface area contributed by atoms with Gasteiger partial charge in [0, 0.05) is 29.4 Å². The second-order valence-electron chi connectivity index (χ2n) is 7.22. The number of nitrogens with one attached hydrogen (secondary N) is 4. The molecule has 2 amide bonds. The molecule has 2 atom stereocenters. The molecule has 1 aliphatic heterocycles. The average Bonchev–Trinajstić information content (AvgIpc) is 3.17. The van der Waals surface area contributed by atoms with Crippen LogP contribution in [0.15, 0.2) is 48.8 Å². The van der Waals surface area contributed by atoms with E-state index in [9.17, 15) is 9.59 Å². The summed E-state index contributed by atoms with van der Waals surface area (Å²) in [6.07, 6.45) is 2.64. The molecule has 9 heteroatoms. The molecule has 4 N–H and O–H groups in total. The number of hydrogen-bond acceptors (Lipinski definition) is 4. The van der Waals surface area contributed by atoms with Gasteiger partial charge in [0.2, 0.25) is 0 Å². The normalized spacial score (nSPS) is 18.0. The van der Waals surface area contributed by atoms with Crippen molar-refractivity contribution in [2.75, 3.05) is 18.4 Å². The number of H-pyrrole nitrogens is 1. The minimum absolute atomic E-state index is 0. The summed E-state index contributed by atoms with van der Waals surface area (Å²) in [5, 5.41) is 9.26. The lowest BCUT2D eigenvalue weighted by atomic mass is 9.94. The van der Waals surface area contributed by atoms with E-state index in [0.29, 0.717) is 22.7 Å². The number of carbonyl (C=O) groups excluding carboxylic acids is 2. The molecule has 4 rings (SSSR count). The Bertz CT molecular complexity index is 1020. The summed E-state index contributed by atoms with van der Waals surface area (Å²) in [5.41, 5.74) is 3.24. The first kappa shape index (κ1) is 23.7. The van der Waals surface area contributed by atoms with Crippen LogP contribution in [0.4, 0.5) is 5.69 Å². The minimum atomic E-state index is -0.237. The minimum Gasteiger partial charge on any atom is -0.348 e. The molecule has 1 saturated heterocycles. The molecule has 0 radical (unpaired) electrons. The third-order valence-corrected chi connectivity index (χ3v) is 5.21. The van der Waals surface area contributed by atoms with Crippen LogP contribution in [-0.2, 0) is 0 Å². The molecular formula is C21H25Cl2N5O2. The molecular weight excluding hydrogens is 425 g/mol. The van der Waals surface area contributed by atoms with E-state index in [1.54, 1.807) is 48.8 Å². The number of amides is 2. The van der Waals surface area contributed by atoms with Crippen molar-refractivity contribution in [3.8, 4) is 0 Å². The number of anilines is 1. The van der Waals surface area contributed by atoms with E-state index in [2.05, 4.69) is 32.8 Å². The summed E-state index contributed by atoms with van der Waals surface area (Å²) in [6.45, 7) is 3.91. The van der Waals surface area contributed by atoms with Gasteiger partial charge >= 0.3 is 0 Å². The zero-order valence-corrected chi connectivity index (χ0v) is 18.1. The van der Waals surface area contributed by atoms with E-state index in [1.807, 2.05) is 0 Å². The monoisotopic (exact) mass is 449 g/mol. The van der Waals surface area contributed by atoms with E-state index in [-0.39, 0.29) is 42.7 Å². The Labute approximate surface area is 187 Å². The van der Waals surface area contributed by atoms with Gasteiger partial charge in [-0.15, -0.1) is 24.8 Å². The molecule has 0 bridgehead atoms. The zero-order valence-electron chi connectivity index (χ0n) is 16.5. The van der Waals surface area contributed by atoms with Crippen LogP contribution in [0.3, 0.4) is 0 Å². The molecule has 1 fully saturated rings. The Morgan fingerprint density at radius 2 is 1.87 bits per heavy atom. The number of nitrogens with zero attached hydrogens (tertiary/aromatic N) is 1. The van der Waals surface area contributed by atoms with Crippen molar-refractivity contribution < 1.29 is 9.59 Å². The highest BCUT2D eigenvalue weighted by Gasteiger charge is 2.23. The maximum absolute atomic E-state index is 12.6. The largest absolute Gasteiger partial charge is 0.348 e. The van der Waals surface area contributed by atoms with Crippen LogP contribution in [0.5, 0.6) is 0 Å². The van der Waals surface area contributed by atoms with Crippen molar-refractivity contribution in [3.05, 3.63) is 59.9 Å². The summed E-state index contributed by atoms with van der Waals surface area (Å²) in [4.78, 5) is 32.3. The highest BCUT2D eigenvalue weighted by Crippen LogP contribution is 2.17. The average molecular weight is 450 g/mol. The predicted molar refractivity (Wildman–Crippen MR) is 123 cm³/mol. The van der Waals surface area contributed by atoms with Gasteiger partial charge in [0.1, 0.15) is 0 Å². The number of aromatic nitrogens is 2. The van der Waals surface area contributed by atoms with Crippen molar-refractivity contribution in [2.45, 2.75) is 19.4 Å². The van der Waals surface area contributed by atoms with Crippen molar-refractivity contribution in [1.82, 2.24) is 20.6 Å². The van der Waals surface area contributed by atoms with E-state index < -0.39 is 0 Å². The first-order chi connectivity index (χ1) is 13.6. The van der Waals surface area contributed by atoms with Gasteiger partial charge in [-0.05, 0) is 55.3 Å². The van der Waals surface area contributed by atoms with Crippen LogP contribution < -0.4 is 16.0 Å². The summed E-state index contributed by atoms with van der Waals surface area (Å²) in [7, 11) is 0. The molecule has 0 aliphatic carbocycles. The second-order valence-corrected chi connectivity index (χ2v) is 7.22. The molecule has 0 saturated carbocycles. The van der Waals surface area contributed by atoms with Crippen molar-refractivity contribution in [3.63, 3.8) is 0 Å². The van der Waals surface area contributed by atoms with Gasteiger partial charge in [-0.3, -0.25) is 9.59 Å². The Balaban J connectivity index is 0.00000160. The summed E-state index contributed by atoms with van der Waals surface area (Å²) in [6, 6.07) is 12.4. The van der Waals surface area contributed by atoms with Gasteiger partial charge in [0.15, 0.2) is 0 Å². The third kappa shape index (κ3) is 5.30. The lowest BCUT2D eigenvalue weighted by molar-refractivity contribution is 0.0914. The molecule has 2 aromatic carbocycles. The number of piperidine rings is 1. The quantitative estimate of drug-likeness (QED) is 0.490.